The second-order valence-corrected chi connectivity index (χ2v) is 10.9. The van der Waals surface area contributed by atoms with Crippen LogP contribution < -0.4 is 15.8 Å². The van der Waals surface area contributed by atoms with Gasteiger partial charge in [-0.05, 0) is 36.6 Å². The lowest BCUT2D eigenvalue weighted by Crippen LogP contribution is -2.50. The number of halogens is 1. The highest BCUT2D eigenvalue weighted by molar-refractivity contribution is 7.10. The Labute approximate surface area is 222 Å². The predicted molar refractivity (Wildman–Crippen MR) is 142 cm³/mol. The van der Waals surface area contributed by atoms with Gasteiger partial charge in [0.05, 0.1) is 0 Å². The van der Waals surface area contributed by atoms with Gasteiger partial charge in [-0.2, -0.15) is 0 Å². The Bertz CT molecular complexity index is 1400. The number of piperazine rings is 1. The molecule has 2 atom stereocenters. The van der Waals surface area contributed by atoms with E-state index in [4.69, 9.17) is 11.6 Å². The lowest BCUT2D eigenvalue weighted by Gasteiger charge is -2.42. The van der Waals surface area contributed by atoms with Gasteiger partial charge in [0.1, 0.15) is 0 Å². The van der Waals surface area contributed by atoms with Gasteiger partial charge in [0.25, 0.3) is 11.5 Å². The minimum Gasteiger partial charge on any atom is -0.368 e. The van der Waals surface area contributed by atoms with Gasteiger partial charge in [-0.25, -0.2) is 4.79 Å². The topological polar surface area (TPSA) is 104 Å². The van der Waals surface area contributed by atoms with Crippen LogP contribution in [-0.2, 0) is 6.54 Å². The molecule has 0 aliphatic carbocycles. The quantitative estimate of drug-likeness (QED) is 0.549. The molecule has 0 radical (unpaired) electrons. The Morgan fingerprint density at radius 2 is 1.81 bits per heavy atom. The second-order valence-electron chi connectivity index (χ2n) is 9.74. The molecule has 0 spiro atoms. The number of carbonyl (C=O) groups is 2. The SMILES string of the molecule is O=C(Nc1snnc1C(=O)N1CCN(c2cccc(Cl)c2)CC1)N1C[C@H]2C[C@H](C1)c1cccc(=O)n1C2. The van der Waals surface area contributed by atoms with Gasteiger partial charge >= 0.3 is 6.03 Å². The van der Waals surface area contributed by atoms with E-state index in [0.717, 1.165) is 29.3 Å². The number of rotatable bonds is 3. The number of benzene rings is 1. The number of hydrogen-bond acceptors (Lipinski definition) is 7. The van der Waals surface area contributed by atoms with Crippen LogP contribution in [0.25, 0.3) is 0 Å². The molecule has 5 heterocycles. The minimum absolute atomic E-state index is 0.0115. The van der Waals surface area contributed by atoms with Gasteiger partial charge in [0, 0.05) is 85.7 Å². The number of anilines is 2. The van der Waals surface area contributed by atoms with E-state index in [0.29, 0.717) is 55.8 Å². The lowest BCUT2D eigenvalue weighted by atomic mass is 9.83. The highest BCUT2D eigenvalue weighted by Crippen LogP contribution is 2.35. The molecule has 2 saturated heterocycles. The Morgan fingerprint density at radius 3 is 2.62 bits per heavy atom. The van der Waals surface area contributed by atoms with Crippen LogP contribution in [0.1, 0.15) is 28.5 Å². The van der Waals surface area contributed by atoms with Crippen molar-refractivity contribution in [2.24, 2.45) is 5.92 Å². The first-order valence-electron chi connectivity index (χ1n) is 12.3. The number of piperidine rings is 1. The molecule has 0 unspecified atom stereocenters. The number of aromatic nitrogens is 3. The normalized spacial score (nSPS) is 20.9. The van der Waals surface area contributed by atoms with Crippen LogP contribution in [0.15, 0.2) is 47.3 Å². The molecule has 2 aromatic heterocycles. The fourth-order valence-electron chi connectivity index (χ4n) is 5.64. The Balaban J connectivity index is 1.10. The summed E-state index contributed by atoms with van der Waals surface area (Å²) in [6.45, 7) is 4.10. The van der Waals surface area contributed by atoms with Crippen molar-refractivity contribution < 1.29 is 9.59 Å². The second kappa shape index (κ2) is 9.79. The van der Waals surface area contributed by atoms with Crippen LogP contribution in [0.4, 0.5) is 15.5 Å². The average molecular weight is 540 g/mol. The number of hydrogen-bond donors (Lipinski definition) is 1. The number of pyridine rings is 1. The number of amides is 3. The van der Waals surface area contributed by atoms with Crippen LogP contribution in [-0.4, -0.2) is 75.2 Å². The zero-order chi connectivity index (χ0) is 25.5. The predicted octanol–water partition coefficient (Wildman–Crippen LogP) is 2.97. The van der Waals surface area contributed by atoms with E-state index in [2.05, 4.69) is 19.8 Å². The summed E-state index contributed by atoms with van der Waals surface area (Å²) in [5.74, 6) is 0.0934. The van der Waals surface area contributed by atoms with Crippen molar-refractivity contribution in [1.29, 1.82) is 0 Å². The molecule has 3 amide bonds. The molecule has 3 aromatic rings. The van der Waals surface area contributed by atoms with Crippen molar-refractivity contribution in [3.63, 3.8) is 0 Å². The highest BCUT2D eigenvalue weighted by atomic mass is 35.5. The molecule has 192 valence electrons. The number of nitrogens with zero attached hydrogens (tertiary/aromatic N) is 6. The first kappa shape index (κ1) is 23.9. The zero-order valence-electron chi connectivity index (χ0n) is 20.0. The summed E-state index contributed by atoms with van der Waals surface area (Å²) in [6.07, 6.45) is 0.959. The van der Waals surface area contributed by atoms with E-state index >= 15 is 0 Å². The molecule has 3 aliphatic rings. The lowest BCUT2D eigenvalue weighted by molar-refractivity contribution is 0.0742. The zero-order valence-corrected chi connectivity index (χ0v) is 21.6. The monoisotopic (exact) mass is 539 g/mol. The largest absolute Gasteiger partial charge is 0.368 e. The van der Waals surface area contributed by atoms with Crippen molar-refractivity contribution in [1.82, 2.24) is 24.0 Å². The van der Waals surface area contributed by atoms with E-state index in [1.807, 2.05) is 34.9 Å². The Morgan fingerprint density at radius 1 is 1.00 bits per heavy atom. The van der Waals surface area contributed by atoms with E-state index < -0.39 is 0 Å². The minimum atomic E-state index is -0.271. The molecular formula is C25H26ClN7O3S. The van der Waals surface area contributed by atoms with Gasteiger partial charge in [-0.3, -0.25) is 14.9 Å². The maximum atomic E-state index is 13.3. The summed E-state index contributed by atoms with van der Waals surface area (Å²) >= 11 is 7.13. The summed E-state index contributed by atoms with van der Waals surface area (Å²) < 4.78 is 5.79. The summed E-state index contributed by atoms with van der Waals surface area (Å²) in [6, 6.07) is 12.7. The molecule has 12 heteroatoms. The molecule has 6 rings (SSSR count). The molecule has 0 saturated carbocycles. The number of fused-ring (bicyclic) bond motifs is 4. The highest BCUT2D eigenvalue weighted by Gasteiger charge is 2.37. The van der Waals surface area contributed by atoms with Crippen molar-refractivity contribution in [3.05, 3.63) is 69.2 Å². The summed E-state index contributed by atoms with van der Waals surface area (Å²) in [7, 11) is 0. The molecule has 37 heavy (non-hydrogen) atoms. The van der Waals surface area contributed by atoms with E-state index in [9.17, 15) is 14.4 Å². The molecule has 2 bridgehead atoms. The van der Waals surface area contributed by atoms with Gasteiger partial charge in [-0.1, -0.05) is 28.2 Å². The van der Waals surface area contributed by atoms with E-state index in [-0.39, 0.29) is 35.0 Å². The van der Waals surface area contributed by atoms with Crippen molar-refractivity contribution >= 4 is 45.8 Å². The van der Waals surface area contributed by atoms with Crippen molar-refractivity contribution in [2.45, 2.75) is 18.9 Å². The molecular weight excluding hydrogens is 514 g/mol. The fourth-order valence-corrected chi connectivity index (χ4v) is 6.38. The van der Waals surface area contributed by atoms with Crippen LogP contribution in [0.2, 0.25) is 5.02 Å². The molecule has 10 nitrogen and oxygen atoms in total. The maximum Gasteiger partial charge on any atom is 0.322 e. The van der Waals surface area contributed by atoms with Crippen LogP contribution in [0.5, 0.6) is 0 Å². The van der Waals surface area contributed by atoms with Gasteiger partial charge < -0.3 is 19.3 Å². The summed E-state index contributed by atoms with van der Waals surface area (Å²) in [5.41, 5.74) is 2.19. The van der Waals surface area contributed by atoms with E-state index in [1.165, 1.54) is 0 Å². The van der Waals surface area contributed by atoms with Crippen LogP contribution in [0, 0.1) is 5.92 Å². The third kappa shape index (κ3) is 4.69. The number of likely N-dealkylation sites (tertiary alicyclic amines) is 1. The van der Waals surface area contributed by atoms with Crippen molar-refractivity contribution in [2.75, 3.05) is 49.5 Å². The van der Waals surface area contributed by atoms with Gasteiger partial charge in [0.2, 0.25) is 0 Å². The third-order valence-corrected chi connectivity index (χ3v) is 8.29. The third-order valence-electron chi connectivity index (χ3n) is 7.42. The molecule has 2 fully saturated rings. The fraction of sp³-hybridized carbons (Fsp3) is 0.400. The maximum absolute atomic E-state index is 13.3. The van der Waals surface area contributed by atoms with Gasteiger partial charge in [-0.15, -0.1) is 5.10 Å². The summed E-state index contributed by atoms with van der Waals surface area (Å²) in [5, 5.41) is 7.98. The number of carbonyl (C=O) groups excluding carboxylic acids is 2. The van der Waals surface area contributed by atoms with E-state index in [1.54, 1.807) is 21.9 Å². The number of nitrogens with one attached hydrogen (secondary N) is 1. The molecule has 1 N–H and O–H groups in total. The smallest absolute Gasteiger partial charge is 0.322 e. The Kier molecular flexibility index (Phi) is 6.33. The number of urea groups is 1. The first-order valence-corrected chi connectivity index (χ1v) is 13.5. The van der Waals surface area contributed by atoms with Crippen molar-refractivity contribution in [3.8, 4) is 0 Å². The summed E-state index contributed by atoms with van der Waals surface area (Å²) in [4.78, 5) is 44.4. The first-order chi connectivity index (χ1) is 18.0. The average Bonchev–Trinajstić information content (AvgIpc) is 3.37. The standard InChI is InChI=1S/C25H26ClN7O3S/c26-18-3-1-4-19(12-18)30-7-9-31(10-8-30)24(35)22-23(37-29-28-22)27-25(36)32-13-16-11-17(15-32)20-5-2-6-21(34)33(20)14-16/h1-6,12,16-17H,7-11,13-15H2,(H,27,36)/t16-,17-/m1/s1. The molecule has 3 aliphatic heterocycles. The van der Waals surface area contributed by atoms with Crippen LogP contribution >= 0.6 is 23.1 Å². The van der Waals surface area contributed by atoms with Crippen LogP contribution in [0.3, 0.4) is 0 Å². The Hall–Kier alpha value is -3.44. The molecule has 1 aromatic carbocycles. The van der Waals surface area contributed by atoms with Gasteiger partial charge in [0.15, 0.2) is 10.7 Å².